The molecule has 0 rings (SSSR count). The second kappa shape index (κ2) is 15.2. The Morgan fingerprint density at radius 3 is 1.96 bits per heavy atom. The lowest BCUT2D eigenvalue weighted by atomic mass is 9.96. The molecule has 0 amide bonds. The minimum absolute atomic E-state index is 0.0605. The fraction of sp³-hybridized carbons (Fsp3) is 0.842. The Kier molecular flexibility index (Phi) is 14.3. The first-order valence-electron chi connectivity index (χ1n) is 9.41. The van der Waals surface area contributed by atoms with E-state index in [1.54, 1.807) is 0 Å². The summed E-state index contributed by atoms with van der Waals surface area (Å²) in [6.07, 6.45) is 10.2. The van der Waals surface area contributed by atoms with E-state index < -0.39 is 17.9 Å². The Morgan fingerprint density at radius 2 is 1.38 bits per heavy atom. The van der Waals surface area contributed by atoms with E-state index in [0.717, 1.165) is 57.8 Å². The molecule has 0 aliphatic rings. The zero-order chi connectivity index (χ0) is 18.2. The zero-order valence-corrected chi connectivity index (χ0v) is 15.6. The number of Topliss-reactive ketones (excluding diaryl/α,β-unsaturated/α-hetero) is 1. The van der Waals surface area contributed by atoms with Gasteiger partial charge >= 0.3 is 11.9 Å². The predicted molar refractivity (Wildman–Crippen MR) is 93.1 cm³/mol. The highest BCUT2D eigenvalue weighted by Gasteiger charge is 2.23. The second-order valence-electron chi connectivity index (χ2n) is 6.47. The summed E-state index contributed by atoms with van der Waals surface area (Å²) >= 11 is 0. The molecule has 0 heterocycles. The molecule has 0 spiro atoms. The normalized spacial score (nSPS) is 11.8. The van der Waals surface area contributed by atoms with E-state index in [4.69, 9.17) is 0 Å². The summed E-state index contributed by atoms with van der Waals surface area (Å²) in [5.41, 5.74) is 0. The molecule has 0 aromatic carbocycles. The first-order valence-corrected chi connectivity index (χ1v) is 9.41. The van der Waals surface area contributed by atoms with Crippen molar-refractivity contribution in [3.05, 3.63) is 0 Å². The molecular weight excluding hydrogens is 308 g/mol. The molecule has 1 unspecified atom stereocenters. The van der Waals surface area contributed by atoms with Gasteiger partial charge in [0.05, 0.1) is 12.3 Å². The number of unbranched alkanes of at least 4 members (excludes halogenated alkanes) is 7. The molecule has 0 saturated carbocycles. The standard InChI is InChI=1S/C19H34O5/c1-4-6-8-10-12-14-18(21)23-24-19(22)17(15-16(3)20)13-11-9-7-5-2/h17H,4-15H2,1-3H3. The molecule has 1 atom stereocenters. The molecule has 0 bridgehead atoms. The molecule has 0 aromatic rings. The number of carbonyl (C=O) groups excluding carboxylic acids is 3. The van der Waals surface area contributed by atoms with Gasteiger partial charge in [-0.2, -0.15) is 0 Å². The predicted octanol–water partition coefficient (Wildman–Crippen LogP) is 4.91. The van der Waals surface area contributed by atoms with Crippen LogP contribution in [0.4, 0.5) is 0 Å². The van der Waals surface area contributed by atoms with Gasteiger partial charge in [0.1, 0.15) is 5.78 Å². The van der Waals surface area contributed by atoms with Gasteiger partial charge in [-0.25, -0.2) is 19.4 Å². The minimum Gasteiger partial charge on any atom is -0.300 e. The summed E-state index contributed by atoms with van der Waals surface area (Å²) in [4.78, 5) is 44.1. The summed E-state index contributed by atoms with van der Waals surface area (Å²) in [7, 11) is 0. The summed E-state index contributed by atoms with van der Waals surface area (Å²) in [6, 6.07) is 0. The van der Waals surface area contributed by atoms with E-state index in [0.29, 0.717) is 6.42 Å². The largest absolute Gasteiger partial charge is 0.359 e. The van der Waals surface area contributed by atoms with Crippen molar-refractivity contribution in [3.63, 3.8) is 0 Å². The Hall–Kier alpha value is -1.39. The Balaban J connectivity index is 4.05. The van der Waals surface area contributed by atoms with Crippen molar-refractivity contribution in [3.8, 4) is 0 Å². The van der Waals surface area contributed by atoms with Crippen LogP contribution in [0.1, 0.15) is 97.8 Å². The van der Waals surface area contributed by atoms with Gasteiger partial charge < -0.3 is 4.79 Å². The summed E-state index contributed by atoms with van der Waals surface area (Å²) in [5.74, 6) is -1.71. The molecule has 140 valence electrons. The van der Waals surface area contributed by atoms with E-state index in [-0.39, 0.29) is 18.6 Å². The Bertz CT molecular complexity index is 365. The van der Waals surface area contributed by atoms with E-state index in [9.17, 15) is 14.4 Å². The van der Waals surface area contributed by atoms with Crippen LogP contribution in [0.5, 0.6) is 0 Å². The molecule has 0 aliphatic carbocycles. The molecule has 0 aliphatic heterocycles. The van der Waals surface area contributed by atoms with Gasteiger partial charge in [0.15, 0.2) is 0 Å². The molecule has 0 aromatic heterocycles. The van der Waals surface area contributed by atoms with Gasteiger partial charge in [-0.15, -0.1) is 0 Å². The SMILES string of the molecule is CCCCCCCC(=O)OOC(=O)C(CCCCCC)CC(C)=O. The van der Waals surface area contributed by atoms with Gasteiger partial charge in [-0.05, 0) is 19.8 Å². The van der Waals surface area contributed by atoms with E-state index in [2.05, 4.69) is 23.6 Å². The number of carbonyl (C=O) groups is 3. The molecule has 0 fully saturated rings. The quantitative estimate of drug-likeness (QED) is 0.255. The third kappa shape index (κ3) is 13.1. The Morgan fingerprint density at radius 1 is 0.792 bits per heavy atom. The Labute approximate surface area is 146 Å². The average Bonchev–Trinajstić information content (AvgIpc) is 2.55. The minimum atomic E-state index is -0.610. The second-order valence-corrected chi connectivity index (χ2v) is 6.47. The highest BCUT2D eigenvalue weighted by molar-refractivity contribution is 5.83. The van der Waals surface area contributed by atoms with Gasteiger partial charge in [-0.3, -0.25) is 0 Å². The maximum atomic E-state index is 12.0. The van der Waals surface area contributed by atoms with Crippen molar-refractivity contribution >= 4 is 17.7 Å². The van der Waals surface area contributed by atoms with Gasteiger partial charge in [-0.1, -0.05) is 65.2 Å². The van der Waals surface area contributed by atoms with Crippen molar-refractivity contribution in [1.29, 1.82) is 0 Å². The highest BCUT2D eigenvalue weighted by Crippen LogP contribution is 2.17. The van der Waals surface area contributed by atoms with Crippen molar-refractivity contribution < 1.29 is 24.2 Å². The van der Waals surface area contributed by atoms with Crippen LogP contribution in [0.15, 0.2) is 0 Å². The topological polar surface area (TPSA) is 69.7 Å². The number of rotatable bonds is 14. The molecular formula is C19H34O5. The monoisotopic (exact) mass is 342 g/mol. The lowest BCUT2D eigenvalue weighted by molar-refractivity contribution is -0.262. The van der Waals surface area contributed by atoms with Crippen molar-refractivity contribution in [2.75, 3.05) is 0 Å². The third-order valence-electron chi connectivity index (χ3n) is 3.97. The van der Waals surface area contributed by atoms with Crippen LogP contribution in [0, 0.1) is 5.92 Å². The molecule has 0 saturated heterocycles. The van der Waals surface area contributed by atoms with E-state index in [1.165, 1.54) is 6.92 Å². The van der Waals surface area contributed by atoms with Crippen LogP contribution in [0.3, 0.4) is 0 Å². The number of hydrogen-bond acceptors (Lipinski definition) is 5. The van der Waals surface area contributed by atoms with Crippen LogP contribution in [0.25, 0.3) is 0 Å². The fourth-order valence-electron chi connectivity index (χ4n) is 2.54. The molecule has 5 nitrogen and oxygen atoms in total. The summed E-state index contributed by atoms with van der Waals surface area (Å²) < 4.78 is 0. The van der Waals surface area contributed by atoms with Crippen molar-refractivity contribution in [1.82, 2.24) is 0 Å². The summed E-state index contributed by atoms with van der Waals surface area (Å²) in [5, 5.41) is 0. The maximum absolute atomic E-state index is 12.0. The van der Waals surface area contributed by atoms with Gasteiger partial charge in [0, 0.05) is 6.42 Å². The van der Waals surface area contributed by atoms with Crippen molar-refractivity contribution in [2.24, 2.45) is 5.92 Å². The van der Waals surface area contributed by atoms with Crippen LogP contribution < -0.4 is 0 Å². The van der Waals surface area contributed by atoms with Crippen molar-refractivity contribution in [2.45, 2.75) is 97.8 Å². The van der Waals surface area contributed by atoms with Crippen LogP contribution >= 0.6 is 0 Å². The fourth-order valence-corrected chi connectivity index (χ4v) is 2.54. The number of ketones is 1. The van der Waals surface area contributed by atoms with Crippen LogP contribution in [-0.4, -0.2) is 17.7 Å². The highest BCUT2D eigenvalue weighted by atomic mass is 17.2. The zero-order valence-electron chi connectivity index (χ0n) is 15.6. The van der Waals surface area contributed by atoms with Gasteiger partial charge in [0.2, 0.25) is 0 Å². The van der Waals surface area contributed by atoms with Gasteiger partial charge in [0.25, 0.3) is 0 Å². The lowest BCUT2D eigenvalue weighted by Gasteiger charge is -2.13. The first kappa shape index (κ1) is 22.6. The lowest BCUT2D eigenvalue weighted by Crippen LogP contribution is -2.22. The van der Waals surface area contributed by atoms with E-state index >= 15 is 0 Å². The third-order valence-corrected chi connectivity index (χ3v) is 3.97. The van der Waals surface area contributed by atoms with Crippen LogP contribution in [-0.2, 0) is 24.2 Å². The smallest absolute Gasteiger partial charge is 0.300 e. The van der Waals surface area contributed by atoms with E-state index in [1.807, 2.05) is 0 Å². The molecule has 5 heteroatoms. The average molecular weight is 342 g/mol. The maximum Gasteiger partial charge on any atom is 0.359 e. The molecule has 0 radical (unpaired) electrons. The first-order chi connectivity index (χ1) is 11.5. The number of hydrogen-bond donors (Lipinski definition) is 0. The molecule has 0 N–H and O–H groups in total. The summed E-state index contributed by atoms with van der Waals surface area (Å²) in [6.45, 7) is 5.70. The van der Waals surface area contributed by atoms with Crippen LogP contribution in [0.2, 0.25) is 0 Å². The molecule has 24 heavy (non-hydrogen) atoms.